The maximum absolute atomic E-state index is 12.7. The molecule has 2 N–H and O–H groups in total. The average molecular weight is 442 g/mol. The maximum atomic E-state index is 12.7. The minimum atomic E-state index is -4.41. The molecule has 0 heterocycles. The van der Waals surface area contributed by atoms with E-state index in [0.29, 0.717) is 22.4 Å². The lowest BCUT2D eigenvalue weighted by molar-refractivity contribution is -0.137. The van der Waals surface area contributed by atoms with Gasteiger partial charge in [0.25, 0.3) is 5.91 Å². The number of carbonyl (C=O) groups excluding carboxylic acids is 2. The molecule has 0 unspecified atom stereocenters. The SMILES string of the molecule is COc1ccccc1CNC(=O)CNC(=O)c1cccc(-c2ccc(C(F)(F)F)cc2)c1. The molecule has 0 aliphatic carbocycles. The minimum Gasteiger partial charge on any atom is -0.496 e. The van der Waals surface area contributed by atoms with Gasteiger partial charge in [0.1, 0.15) is 5.75 Å². The molecular weight excluding hydrogens is 421 g/mol. The lowest BCUT2D eigenvalue weighted by Crippen LogP contribution is -2.36. The van der Waals surface area contributed by atoms with Crippen LogP contribution in [0.15, 0.2) is 72.8 Å². The van der Waals surface area contributed by atoms with Gasteiger partial charge >= 0.3 is 6.18 Å². The van der Waals surface area contributed by atoms with Gasteiger partial charge in [0.2, 0.25) is 5.91 Å². The summed E-state index contributed by atoms with van der Waals surface area (Å²) in [5, 5.41) is 5.25. The van der Waals surface area contributed by atoms with E-state index in [2.05, 4.69) is 10.6 Å². The molecule has 0 saturated carbocycles. The van der Waals surface area contributed by atoms with Crippen molar-refractivity contribution in [3.05, 3.63) is 89.5 Å². The van der Waals surface area contributed by atoms with Gasteiger partial charge in [0.05, 0.1) is 19.2 Å². The molecule has 166 valence electrons. The quantitative estimate of drug-likeness (QED) is 0.569. The number of nitrogens with one attached hydrogen (secondary N) is 2. The summed E-state index contributed by atoms with van der Waals surface area (Å²) in [5.41, 5.74) is 1.49. The largest absolute Gasteiger partial charge is 0.496 e. The number of carbonyl (C=O) groups is 2. The molecule has 0 saturated heterocycles. The Balaban J connectivity index is 1.58. The highest BCUT2D eigenvalue weighted by Crippen LogP contribution is 2.31. The summed E-state index contributed by atoms with van der Waals surface area (Å²) in [6.07, 6.45) is -4.41. The van der Waals surface area contributed by atoms with Crippen LogP contribution in [0.2, 0.25) is 0 Å². The number of benzene rings is 3. The fourth-order valence-corrected chi connectivity index (χ4v) is 3.06. The molecule has 0 fully saturated rings. The zero-order valence-electron chi connectivity index (χ0n) is 17.2. The number of methoxy groups -OCH3 is 1. The molecule has 0 radical (unpaired) electrons. The maximum Gasteiger partial charge on any atom is 0.416 e. The Morgan fingerprint density at radius 2 is 1.59 bits per heavy atom. The van der Waals surface area contributed by atoms with Crippen LogP contribution in [0.4, 0.5) is 13.2 Å². The van der Waals surface area contributed by atoms with E-state index < -0.39 is 17.6 Å². The smallest absolute Gasteiger partial charge is 0.416 e. The molecular formula is C24H21F3N2O3. The third kappa shape index (κ3) is 5.87. The van der Waals surface area contributed by atoms with Crippen LogP contribution in [0, 0.1) is 0 Å². The van der Waals surface area contributed by atoms with E-state index in [4.69, 9.17) is 4.74 Å². The predicted octanol–water partition coefficient (Wildman–Crippen LogP) is 4.43. The van der Waals surface area contributed by atoms with Gasteiger partial charge in [-0.2, -0.15) is 13.2 Å². The summed E-state index contributed by atoms with van der Waals surface area (Å²) in [7, 11) is 1.54. The Hall–Kier alpha value is -3.81. The van der Waals surface area contributed by atoms with E-state index in [1.54, 1.807) is 37.4 Å². The normalized spacial score (nSPS) is 11.0. The van der Waals surface area contributed by atoms with Crippen LogP contribution in [0.3, 0.4) is 0 Å². The second-order valence-electron chi connectivity index (χ2n) is 6.93. The van der Waals surface area contributed by atoms with Crippen molar-refractivity contribution in [2.45, 2.75) is 12.7 Å². The Morgan fingerprint density at radius 1 is 0.875 bits per heavy atom. The monoisotopic (exact) mass is 442 g/mol. The first kappa shape index (κ1) is 22.9. The number of hydrogen-bond donors (Lipinski definition) is 2. The Labute approximate surface area is 183 Å². The van der Waals surface area contributed by atoms with Crippen molar-refractivity contribution in [1.82, 2.24) is 10.6 Å². The molecule has 0 aromatic heterocycles. The van der Waals surface area contributed by atoms with Crippen LogP contribution in [0.25, 0.3) is 11.1 Å². The van der Waals surface area contributed by atoms with E-state index in [9.17, 15) is 22.8 Å². The van der Waals surface area contributed by atoms with Gasteiger partial charge in [0, 0.05) is 17.7 Å². The highest BCUT2D eigenvalue weighted by Gasteiger charge is 2.30. The summed E-state index contributed by atoms with van der Waals surface area (Å²) in [4.78, 5) is 24.5. The molecule has 0 atom stereocenters. The fourth-order valence-electron chi connectivity index (χ4n) is 3.06. The van der Waals surface area contributed by atoms with E-state index in [1.165, 1.54) is 12.1 Å². The number of ether oxygens (including phenoxy) is 1. The van der Waals surface area contributed by atoms with E-state index in [1.807, 2.05) is 18.2 Å². The lowest BCUT2D eigenvalue weighted by atomic mass is 10.0. The Bertz CT molecular complexity index is 1100. The molecule has 0 spiro atoms. The molecule has 3 aromatic carbocycles. The van der Waals surface area contributed by atoms with Crippen LogP contribution in [0.1, 0.15) is 21.5 Å². The number of hydrogen-bond acceptors (Lipinski definition) is 3. The Kier molecular flexibility index (Phi) is 7.14. The summed E-state index contributed by atoms with van der Waals surface area (Å²) >= 11 is 0. The topological polar surface area (TPSA) is 67.4 Å². The molecule has 3 rings (SSSR count). The van der Waals surface area contributed by atoms with Crippen molar-refractivity contribution in [3.8, 4) is 16.9 Å². The van der Waals surface area contributed by atoms with Gasteiger partial charge in [-0.1, -0.05) is 42.5 Å². The van der Waals surface area contributed by atoms with Crippen molar-refractivity contribution >= 4 is 11.8 Å². The van der Waals surface area contributed by atoms with Gasteiger partial charge in [-0.3, -0.25) is 9.59 Å². The van der Waals surface area contributed by atoms with Crippen molar-refractivity contribution in [3.63, 3.8) is 0 Å². The molecule has 0 aliphatic heterocycles. The van der Waals surface area contributed by atoms with Crippen molar-refractivity contribution < 1.29 is 27.5 Å². The third-order valence-electron chi connectivity index (χ3n) is 4.75. The predicted molar refractivity (Wildman–Crippen MR) is 114 cm³/mol. The first-order valence-corrected chi connectivity index (χ1v) is 9.72. The minimum absolute atomic E-state index is 0.224. The molecule has 32 heavy (non-hydrogen) atoms. The van der Waals surface area contributed by atoms with Crippen LogP contribution >= 0.6 is 0 Å². The number of alkyl halides is 3. The molecule has 2 amide bonds. The zero-order chi connectivity index (χ0) is 23.1. The van der Waals surface area contributed by atoms with Crippen molar-refractivity contribution in [1.29, 1.82) is 0 Å². The standard InChI is InChI=1S/C24H21F3N2O3/c1-32-21-8-3-2-5-19(21)14-28-22(30)15-29-23(31)18-7-4-6-17(13-18)16-9-11-20(12-10-16)24(25,26)27/h2-13H,14-15H2,1H3,(H,28,30)(H,29,31). The van der Waals surface area contributed by atoms with Gasteiger partial charge < -0.3 is 15.4 Å². The second kappa shape index (κ2) is 10.00. The van der Waals surface area contributed by atoms with E-state index in [0.717, 1.165) is 17.7 Å². The molecule has 0 aliphatic rings. The van der Waals surface area contributed by atoms with Crippen LogP contribution in [-0.4, -0.2) is 25.5 Å². The summed E-state index contributed by atoms with van der Waals surface area (Å²) in [5.74, 6) is -0.189. The number of halogens is 3. The summed E-state index contributed by atoms with van der Waals surface area (Å²) in [6, 6.07) is 18.4. The van der Waals surface area contributed by atoms with Gasteiger partial charge in [-0.05, 0) is 41.5 Å². The Morgan fingerprint density at radius 3 is 2.28 bits per heavy atom. The second-order valence-corrected chi connectivity index (χ2v) is 6.93. The fraction of sp³-hybridized carbons (Fsp3) is 0.167. The van der Waals surface area contributed by atoms with Crippen LogP contribution in [-0.2, 0) is 17.5 Å². The van der Waals surface area contributed by atoms with Gasteiger partial charge in [0.15, 0.2) is 0 Å². The average Bonchev–Trinajstić information content (AvgIpc) is 2.81. The van der Waals surface area contributed by atoms with E-state index in [-0.39, 0.29) is 19.0 Å². The zero-order valence-corrected chi connectivity index (χ0v) is 17.2. The van der Waals surface area contributed by atoms with Crippen LogP contribution < -0.4 is 15.4 Å². The van der Waals surface area contributed by atoms with Gasteiger partial charge in [-0.25, -0.2) is 0 Å². The van der Waals surface area contributed by atoms with Gasteiger partial charge in [-0.15, -0.1) is 0 Å². The number of rotatable bonds is 7. The first-order valence-electron chi connectivity index (χ1n) is 9.72. The number of amides is 2. The molecule has 8 heteroatoms. The molecule has 0 bridgehead atoms. The highest BCUT2D eigenvalue weighted by atomic mass is 19.4. The summed E-state index contributed by atoms with van der Waals surface area (Å²) < 4.78 is 43.4. The number of para-hydroxylation sites is 1. The summed E-state index contributed by atoms with van der Waals surface area (Å²) in [6.45, 7) is 0.0284. The van der Waals surface area contributed by atoms with Crippen LogP contribution in [0.5, 0.6) is 5.75 Å². The molecule has 3 aromatic rings. The van der Waals surface area contributed by atoms with Crippen molar-refractivity contribution in [2.75, 3.05) is 13.7 Å². The highest BCUT2D eigenvalue weighted by molar-refractivity contribution is 5.97. The lowest BCUT2D eigenvalue weighted by Gasteiger charge is -2.11. The third-order valence-corrected chi connectivity index (χ3v) is 4.75. The van der Waals surface area contributed by atoms with E-state index >= 15 is 0 Å². The van der Waals surface area contributed by atoms with Crippen molar-refractivity contribution in [2.24, 2.45) is 0 Å². The molecule has 5 nitrogen and oxygen atoms in total. The first-order chi connectivity index (χ1) is 15.3.